The minimum Gasteiger partial charge on any atom is -0.367 e. The van der Waals surface area contributed by atoms with E-state index in [0.29, 0.717) is 6.54 Å². The van der Waals surface area contributed by atoms with E-state index in [1.165, 1.54) is 12.8 Å². The first kappa shape index (κ1) is 19.4. The topological polar surface area (TPSA) is 23.6 Å². The molecule has 3 nitrogen and oxygen atoms in total. The lowest BCUT2D eigenvalue weighted by Crippen LogP contribution is -2.57. The Morgan fingerprint density at radius 3 is 1.89 bits per heavy atom. The largest absolute Gasteiger partial charge is 0.367 e. The van der Waals surface area contributed by atoms with E-state index >= 15 is 0 Å². The zero-order chi connectivity index (χ0) is 14.9. The third-order valence-corrected chi connectivity index (χ3v) is 3.25. The van der Waals surface area contributed by atoms with Crippen LogP contribution in [0, 0.1) is 0 Å². The van der Waals surface area contributed by atoms with Crippen molar-refractivity contribution in [2.45, 2.75) is 59.9 Å². The highest BCUT2D eigenvalue weighted by Gasteiger charge is 2.37. The third kappa shape index (κ3) is 5.11. The zero-order valence-corrected chi connectivity index (χ0v) is 13.6. The van der Waals surface area contributed by atoms with Gasteiger partial charge < -0.3 is 9.80 Å². The van der Waals surface area contributed by atoms with Crippen LogP contribution in [0.25, 0.3) is 0 Å². The predicted octanol–water partition coefficient (Wildman–Crippen LogP) is 3.52. The molecule has 0 aliphatic carbocycles. The van der Waals surface area contributed by atoms with Crippen molar-refractivity contribution in [1.82, 2.24) is 9.80 Å². The molecular formula is C15H32N2O. The molecular weight excluding hydrogens is 224 g/mol. The highest BCUT2D eigenvalue weighted by Crippen LogP contribution is 2.27. The molecule has 0 bridgehead atoms. The summed E-state index contributed by atoms with van der Waals surface area (Å²) in [6.45, 7) is 16.8. The maximum Gasteiger partial charge on any atom is 0.242 e. The summed E-state index contributed by atoms with van der Waals surface area (Å²) in [6.07, 6.45) is 2.64. The Morgan fingerprint density at radius 2 is 1.56 bits per heavy atom. The molecule has 0 unspecified atom stereocenters. The van der Waals surface area contributed by atoms with Crippen LogP contribution in [0.4, 0.5) is 0 Å². The molecule has 0 aromatic rings. The van der Waals surface area contributed by atoms with E-state index in [9.17, 15) is 4.79 Å². The number of rotatable bonds is 1. The highest BCUT2D eigenvalue weighted by molar-refractivity contribution is 5.80. The monoisotopic (exact) mass is 256 g/mol. The quantitative estimate of drug-likeness (QED) is 0.716. The SMILES string of the molecule is C=C1N(C)CC(=O)N(C)C1(C)C.CC.CCCC. The molecule has 1 heterocycles. The van der Waals surface area contributed by atoms with Gasteiger partial charge in [-0.15, -0.1) is 0 Å². The van der Waals surface area contributed by atoms with Crippen LogP contribution in [0.1, 0.15) is 54.4 Å². The first-order chi connectivity index (χ1) is 8.28. The number of hydrogen-bond donors (Lipinski definition) is 0. The molecule has 1 aliphatic heterocycles. The molecule has 3 heteroatoms. The third-order valence-electron chi connectivity index (χ3n) is 3.25. The summed E-state index contributed by atoms with van der Waals surface area (Å²) < 4.78 is 0. The minimum atomic E-state index is -0.246. The highest BCUT2D eigenvalue weighted by atomic mass is 16.2. The Morgan fingerprint density at radius 1 is 1.17 bits per heavy atom. The molecule has 18 heavy (non-hydrogen) atoms. The zero-order valence-electron chi connectivity index (χ0n) is 13.6. The van der Waals surface area contributed by atoms with Crippen LogP contribution in [0.2, 0.25) is 0 Å². The van der Waals surface area contributed by atoms with Crippen LogP contribution < -0.4 is 0 Å². The molecule has 108 valence electrons. The second-order valence-corrected chi connectivity index (χ2v) is 4.81. The number of amides is 1. The molecule has 1 rings (SSSR count). The van der Waals surface area contributed by atoms with E-state index < -0.39 is 0 Å². The minimum absolute atomic E-state index is 0.148. The molecule has 0 N–H and O–H groups in total. The standard InChI is InChI=1S/C9H16N2O.C4H10.C2H6/c1-7-9(2,3)11(5)8(12)6-10(7)4;1-3-4-2;1-2/h1,6H2,2-5H3;3-4H2,1-2H3;1-2H3. The van der Waals surface area contributed by atoms with Gasteiger partial charge in [-0.3, -0.25) is 4.79 Å². The fourth-order valence-electron chi connectivity index (χ4n) is 1.38. The first-order valence-electron chi connectivity index (χ1n) is 6.96. The second-order valence-electron chi connectivity index (χ2n) is 4.81. The fourth-order valence-corrected chi connectivity index (χ4v) is 1.38. The molecule has 0 radical (unpaired) electrons. The van der Waals surface area contributed by atoms with Gasteiger partial charge in [0.25, 0.3) is 0 Å². The maximum atomic E-state index is 11.4. The Bertz CT molecular complexity index is 257. The van der Waals surface area contributed by atoms with Gasteiger partial charge in [0.1, 0.15) is 0 Å². The number of likely N-dealkylation sites (N-methyl/N-ethyl adjacent to an activating group) is 2. The van der Waals surface area contributed by atoms with Gasteiger partial charge in [0.2, 0.25) is 5.91 Å². The number of piperazine rings is 1. The molecule has 0 aromatic carbocycles. The average molecular weight is 256 g/mol. The summed E-state index contributed by atoms with van der Waals surface area (Å²) in [5, 5.41) is 0. The lowest BCUT2D eigenvalue weighted by molar-refractivity contribution is -0.138. The van der Waals surface area contributed by atoms with Crippen molar-refractivity contribution in [2.24, 2.45) is 0 Å². The van der Waals surface area contributed by atoms with Crippen LogP contribution in [0.3, 0.4) is 0 Å². The average Bonchev–Trinajstić information content (AvgIpc) is 2.37. The van der Waals surface area contributed by atoms with Crippen molar-refractivity contribution in [3.63, 3.8) is 0 Å². The molecule has 1 amide bonds. The summed E-state index contributed by atoms with van der Waals surface area (Å²) in [5.74, 6) is 0.148. The van der Waals surface area contributed by atoms with Crippen molar-refractivity contribution < 1.29 is 4.79 Å². The van der Waals surface area contributed by atoms with Crippen molar-refractivity contribution in [3.05, 3.63) is 12.3 Å². The summed E-state index contributed by atoms with van der Waals surface area (Å²) in [6, 6.07) is 0. The van der Waals surface area contributed by atoms with Crippen molar-refractivity contribution in [1.29, 1.82) is 0 Å². The second kappa shape index (κ2) is 9.01. The van der Waals surface area contributed by atoms with E-state index in [4.69, 9.17) is 0 Å². The fraction of sp³-hybridized carbons (Fsp3) is 0.800. The first-order valence-corrected chi connectivity index (χ1v) is 6.96. The Labute approximate surface area is 114 Å². The summed E-state index contributed by atoms with van der Waals surface area (Å²) in [7, 11) is 3.72. The van der Waals surface area contributed by atoms with Gasteiger partial charge in [0.05, 0.1) is 12.1 Å². The summed E-state index contributed by atoms with van der Waals surface area (Å²) in [4.78, 5) is 15.1. The Kier molecular flexibility index (Phi) is 9.69. The van der Waals surface area contributed by atoms with Gasteiger partial charge in [0, 0.05) is 19.8 Å². The summed E-state index contributed by atoms with van der Waals surface area (Å²) in [5.41, 5.74) is 0.744. The molecule has 0 saturated carbocycles. The van der Waals surface area contributed by atoms with E-state index in [1.54, 1.807) is 4.90 Å². The van der Waals surface area contributed by atoms with Crippen molar-refractivity contribution in [3.8, 4) is 0 Å². The van der Waals surface area contributed by atoms with Crippen LogP contribution in [0.15, 0.2) is 12.3 Å². The number of carbonyl (C=O) groups is 1. The van der Waals surface area contributed by atoms with Crippen LogP contribution in [-0.4, -0.2) is 41.9 Å². The molecule has 1 saturated heterocycles. The smallest absolute Gasteiger partial charge is 0.242 e. The van der Waals surface area contributed by atoms with E-state index in [2.05, 4.69) is 20.4 Å². The summed E-state index contributed by atoms with van der Waals surface area (Å²) >= 11 is 0. The maximum absolute atomic E-state index is 11.4. The van der Waals surface area contributed by atoms with Gasteiger partial charge in [-0.1, -0.05) is 47.1 Å². The normalized spacial score (nSPS) is 17.6. The van der Waals surface area contributed by atoms with Crippen LogP contribution >= 0.6 is 0 Å². The Hall–Kier alpha value is -0.990. The molecule has 1 aliphatic rings. The van der Waals surface area contributed by atoms with E-state index in [0.717, 1.165) is 5.70 Å². The van der Waals surface area contributed by atoms with Crippen molar-refractivity contribution in [2.75, 3.05) is 20.6 Å². The molecule has 0 spiro atoms. The van der Waals surface area contributed by atoms with Crippen LogP contribution in [0.5, 0.6) is 0 Å². The number of unbranched alkanes of at least 4 members (excludes halogenated alkanes) is 1. The molecule has 1 fully saturated rings. The molecule has 0 aromatic heterocycles. The van der Waals surface area contributed by atoms with E-state index in [-0.39, 0.29) is 11.4 Å². The number of carbonyl (C=O) groups excluding carboxylic acids is 1. The lowest BCUT2D eigenvalue weighted by atomic mass is 9.95. The van der Waals surface area contributed by atoms with Crippen molar-refractivity contribution >= 4 is 5.91 Å². The van der Waals surface area contributed by atoms with Gasteiger partial charge in [-0.2, -0.15) is 0 Å². The van der Waals surface area contributed by atoms with Gasteiger partial charge in [0.15, 0.2) is 0 Å². The lowest BCUT2D eigenvalue weighted by Gasteiger charge is -2.46. The Balaban J connectivity index is 0. The van der Waals surface area contributed by atoms with E-state index in [1.807, 2.05) is 46.7 Å². The van der Waals surface area contributed by atoms with Gasteiger partial charge >= 0.3 is 0 Å². The van der Waals surface area contributed by atoms with Gasteiger partial charge in [-0.25, -0.2) is 0 Å². The van der Waals surface area contributed by atoms with Crippen LogP contribution in [-0.2, 0) is 4.79 Å². The number of nitrogens with zero attached hydrogens (tertiary/aromatic N) is 2. The number of hydrogen-bond acceptors (Lipinski definition) is 2. The molecule has 0 atom stereocenters. The predicted molar refractivity (Wildman–Crippen MR) is 80.5 cm³/mol. The van der Waals surface area contributed by atoms with Gasteiger partial charge in [-0.05, 0) is 13.8 Å².